The zero-order valence-corrected chi connectivity index (χ0v) is 17.6. The maximum Gasteiger partial charge on any atom is 0.226 e. The van der Waals surface area contributed by atoms with Crippen LogP contribution in [0.15, 0.2) is 49.1 Å². The lowest BCUT2D eigenvalue weighted by atomic mass is 9.99. The minimum absolute atomic E-state index is 0.0375. The zero-order valence-electron chi connectivity index (χ0n) is 16.9. The van der Waals surface area contributed by atoms with Gasteiger partial charge in [-0.05, 0) is 23.8 Å². The first-order chi connectivity index (χ1) is 15.0. The summed E-state index contributed by atoms with van der Waals surface area (Å²) < 4.78 is 3.41. The number of carbonyl (C=O) groups excluding carboxylic acids is 1. The van der Waals surface area contributed by atoms with Gasteiger partial charge in [-0.1, -0.05) is 23.7 Å². The molecule has 1 aliphatic heterocycles. The molecule has 158 valence electrons. The van der Waals surface area contributed by atoms with E-state index >= 15 is 0 Å². The Balaban J connectivity index is 1.27. The average Bonchev–Trinajstić information content (AvgIpc) is 3.30. The highest BCUT2D eigenvalue weighted by molar-refractivity contribution is 6.30. The number of benzene rings is 1. The van der Waals surface area contributed by atoms with Gasteiger partial charge in [-0.2, -0.15) is 10.2 Å². The lowest BCUT2D eigenvalue weighted by Crippen LogP contribution is -2.54. The minimum Gasteiger partial charge on any atom is -0.383 e. The van der Waals surface area contributed by atoms with Crippen molar-refractivity contribution in [3.05, 3.63) is 59.6 Å². The molecule has 4 heterocycles. The van der Waals surface area contributed by atoms with Gasteiger partial charge in [0.1, 0.15) is 17.7 Å². The van der Waals surface area contributed by atoms with Crippen LogP contribution in [0.1, 0.15) is 5.56 Å². The van der Waals surface area contributed by atoms with Crippen LogP contribution in [0.3, 0.4) is 0 Å². The molecule has 0 aliphatic carbocycles. The predicted molar refractivity (Wildman–Crippen MR) is 119 cm³/mol. The van der Waals surface area contributed by atoms with Crippen molar-refractivity contribution in [1.29, 1.82) is 0 Å². The second-order valence-corrected chi connectivity index (χ2v) is 8.09. The van der Waals surface area contributed by atoms with Gasteiger partial charge in [0.2, 0.25) is 5.91 Å². The summed E-state index contributed by atoms with van der Waals surface area (Å²) in [5, 5.41) is 12.2. The number of aryl methyl sites for hydroxylation is 1. The first kappa shape index (κ1) is 19.4. The van der Waals surface area contributed by atoms with Crippen molar-refractivity contribution in [1.82, 2.24) is 29.7 Å². The van der Waals surface area contributed by atoms with E-state index in [-0.39, 0.29) is 11.8 Å². The van der Waals surface area contributed by atoms with Crippen molar-refractivity contribution in [3.8, 4) is 11.1 Å². The Bertz CT molecular complexity index is 1260. The summed E-state index contributed by atoms with van der Waals surface area (Å²) in [5.74, 6) is 1.35. The molecule has 0 atom stereocenters. The molecule has 5 rings (SSSR count). The molecule has 1 aliphatic rings. The lowest BCUT2D eigenvalue weighted by Gasteiger charge is -2.39. The standard InChI is InChI=1S/C21H21ClN8O/c1-28-19(23)17(8-26-28)14-6-18-20(25-12-27-30(18)11-14)29-9-15(10-29)21(31)24-7-13-2-4-16(22)5-3-13/h2-6,8,11-12,15H,7,9-10,23H2,1H3,(H,24,31). The van der Waals surface area contributed by atoms with Gasteiger partial charge in [-0.3, -0.25) is 9.48 Å². The van der Waals surface area contributed by atoms with Gasteiger partial charge in [0, 0.05) is 49.0 Å². The first-order valence-electron chi connectivity index (χ1n) is 9.88. The van der Waals surface area contributed by atoms with Gasteiger partial charge in [0.25, 0.3) is 0 Å². The predicted octanol–water partition coefficient (Wildman–Crippen LogP) is 2.12. The number of nitrogens with zero attached hydrogens (tertiary/aromatic N) is 6. The molecule has 10 heteroatoms. The van der Waals surface area contributed by atoms with Crippen LogP contribution in [0.5, 0.6) is 0 Å². The maximum atomic E-state index is 12.5. The number of fused-ring (bicyclic) bond motifs is 1. The Hall–Kier alpha value is -3.59. The number of nitrogens with two attached hydrogens (primary N) is 1. The van der Waals surface area contributed by atoms with Crippen molar-refractivity contribution >= 4 is 34.7 Å². The number of halogens is 1. The van der Waals surface area contributed by atoms with Gasteiger partial charge in [0.15, 0.2) is 5.82 Å². The molecule has 1 fully saturated rings. The molecule has 1 aromatic carbocycles. The third kappa shape index (κ3) is 3.57. The summed E-state index contributed by atoms with van der Waals surface area (Å²) in [6.07, 6.45) is 5.17. The van der Waals surface area contributed by atoms with Crippen molar-refractivity contribution in [2.45, 2.75) is 6.54 Å². The fourth-order valence-corrected chi connectivity index (χ4v) is 3.86. The van der Waals surface area contributed by atoms with Crippen LogP contribution >= 0.6 is 11.6 Å². The fourth-order valence-electron chi connectivity index (χ4n) is 3.73. The first-order valence-corrected chi connectivity index (χ1v) is 10.3. The van der Waals surface area contributed by atoms with Gasteiger partial charge in [0.05, 0.1) is 12.1 Å². The fraction of sp³-hybridized carbons (Fsp3) is 0.238. The molecule has 3 aromatic heterocycles. The highest BCUT2D eigenvalue weighted by Gasteiger charge is 2.34. The molecular weight excluding hydrogens is 416 g/mol. The molecule has 9 nitrogen and oxygen atoms in total. The van der Waals surface area contributed by atoms with Crippen molar-refractivity contribution < 1.29 is 4.79 Å². The summed E-state index contributed by atoms with van der Waals surface area (Å²) in [5.41, 5.74) is 9.76. The molecule has 0 spiro atoms. The number of amides is 1. The number of anilines is 2. The van der Waals surface area contributed by atoms with E-state index in [0.717, 1.165) is 28.0 Å². The van der Waals surface area contributed by atoms with Crippen LogP contribution in [0.4, 0.5) is 11.6 Å². The largest absolute Gasteiger partial charge is 0.383 e. The van der Waals surface area contributed by atoms with E-state index < -0.39 is 0 Å². The smallest absolute Gasteiger partial charge is 0.226 e. The van der Waals surface area contributed by atoms with E-state index in [0.29, 0.717) is 30.5 Å². The summed E-state index contributed by atoms with van der Waals surface area (Å²) >= 11 is 5.90. The Kier molecular flexibility index (Phi) is 4.74. The van der Waals surface area contributed by atoms with Crippen LogP contribution in [0.2, 0.25) is 5.02 Å². The van der Waals surface area contributed by atoms with E-state index in [1.807, 2.05) is 36.5 Å². The maximum absolute atomic E-state index is 12.5. The molecule has 1 saturated heterocycles. The molecule has 0 unspecified atom stereocenters. The third-order valence-corrected chi connectivity index (χ3v) is 5.87. The highest BCUT2D eigenvalue weighted by atomic mass is 35.5. The molecular formula is C21H21ClN8O. The third-order valence-electron chi connectivity index (χ3n) is 5.61. The Morgan fingerprint density at radius 3 is 2.74 bits per heavy atom. The topological polar surface area (TPSA) is 106 Å². The van der Waals surface area contributed by atoms with Crippen LogP contribution in [-0.4, -0.2) is 43.4 Å². The number of aromatic nitrogens is 5. The Morgan fingerprint density at radius 1 is 1.26 bits per heavy atom. The Morgan fingerprint density at radius 2 is 2.03 bits per heavy atom. The quantitative estimate of drug-likeness (QED) is 0.496. The van der Waals surface area contributed by atoms with Gasteiger partial charge in [-0.15, -0.1) is 0 Å². The number of rotatable bonds is 5. The monoisotopic (exact) mass is 436 g/mol. The van der Waals surface area contributed by atoms with E-state index in [1.165, 1.54) is 6.33 Å². The molecule has 0 radical (unpaired) electrons. The second kappa shape index (κ2) is 7.59. The molecule has 4 aromatic rings. The highest BCUT2D eigenvalue weighted by Crippen LogP contribution is 2.32. The minimum atomic E-state index is -0.0780. The van der Waals surface area contributed by atoms with Crippen molar-refractivity contribution in [2.75, 3.05) is 23.7 Å². The van der Waals surface area contributed by atoms with Gasteiger partial charge in [-0.25, -0.2) is 9.50 Å². The number of nitrogen functional groups attached to an aromatic ring is 1. The van der Waals surface area contributed by atoms with Gasteiger partial charge >= 0.3 is 0 Å². The number of carbonyl (C=O) groups is 1. The normalized spacial score (nSPS) is 14.1. The number of hydrogen-bond acceptors (Lipinski definition) is 6. The van der Waals surface area contributed by atoms with Crippen LogP contribution in [-0.2, 0) is 18.4 Å². The zero-order chi connectivity index (χ0) is 21.5. The van der Waals surface area contributed by atoms with E-state index in [2.05, 4.69) is 25.4 Å². The number of nitrogens with one attached hydrogen (secondary N) is 1. The molecule has 0 bridgehead atoms. The van der Waals surface area contributed by atoms with Crippen LogP contribution < -0.4 is 16.0 Å². The SMILES string of the molecule is Cn1ncc(-c2cc3c(N4CC(C(=O)NCc5ccc(Cl)cc5)C4)ncnn3c2)c1N. The van der Waals surface area contributed by atoms with Crippen LogP contribution in [0, 0.1) is 5.92 Å². The van der Waals surface area contributed by atoms with E-state index in [4.69, 9.17) is 17.3 Å². The number of hydrogen-bond donors (Lipinski definition) is 2. The molecule has 31 heavy (non-hydrogen) atoms. The summed E-state index contributed by atoms with van der Waals surface area (Å²) in [7, 11) is 1.80. The lowest BCUT2D eigenvalue weighted by molar-refractivity contribution is -0.125. The second-order valence-electron chi connectivity index (χ2n) is 7.66. The average molecular weight is 437 g/mol. The summed E-state index contributed by atoms with van der Waals surface area (Å²) in [6.45, 7) is 1.70. The van der Waals surface area contributed by atoms with Crippen molar-refractivity contribution in [2.24, 2.45) is 13.0 Å². The Labute approximate surface area is 183 Å². The summed E-state index contributed by atoms with van der Waals surface area (Å²) in [4.78, 5) is 19.1. The van der Waals surface area contributed by atoms with E-state index in [9.17, 15) is 4.79 Å². The van der Waals surface area contributed by atoms with Crippen molar-refractivity contribution in [3.63, 3.8) is 0 Å². The summed E-state index contributed by atoms with van der Waals surface area (Å²) in [6, 6.07) is 9.45. The molecule has 1 amide bonds. The van der Waals surface area contributed by atoms with Crippen LogP contribution in [0.25, 0.3) is 16.6 Å². The molecule has 3 N–H and O–H groups in total. The molecule has 0 saturated carbocycles. The van der Waals surface area contributed by atoms with Gasteiger partial charge < -0.3 is 16.0 Å². The van der Waals surface area contributed by atoms with E-state index in [1.54, 1.807) is 22.4 Å².